The minimum Gasteiger partial charge on any atom is -0.321 e. The second-order valence-corrected chi connectivity index (χ2v) is 3.78. The van der Waals surface area contributed by atoms with Crippen LogP contribution in [-0.2, 0) is 0 Å². The lowest BCUT2D eigenvalue weighted by molar-refractivity contribution is 1.23. The molecule has 0 bridgehead atoms. The van der Waals surface area contributed by atoms with Gasteiger partial charge >= 0.3 is 0 Å². The fraction of sp³-hybridized carbons (Fsp3) is 0.111. The third-order valence-electron chi connectivity index (χ3n) is 1.83. The van der Waals surface area contributed by atoms with Gasteiger partial charge in [0.1, 0.15) is 0 Å². The third kappa shape index (κ3) is 1.49. The molecule has 0 amide bonds. The van der Waals surface area contributed by atoms with Crippen LogP contribution in [0, 0.1) is 6.92 Å². The van der Waals surface area contributed by atoms with Crippen molar-refractivity contribution in [2.45, 2.75) is 6.92 Å². The van der Waals surface area contributed by atoms with Crippen LogP contribution >= 0.6 is 15.9 Å². The number of aryl methyl sites for hydroxylation is 1. The van der Waals surface area contributed by atoms with Gasteiger partial charge in [-0.05, 0) is 34.5 Å². The number of hydrogen-bond acceptors (Lipinski definition) is 2. The van der Waals surface area contributed by atoms with Gasteiger partial charge in [0.15, 0.2) is 0 Å². The number of fused-ring (bicyclic) bond motifs is 1. The average molecular weight is 239 g/mol. The van der Waals surface area contributed by atoms with Crippen LogP contribution in [0.4, 0.5) is 0 Å². The van der Waals surface area contributed by atoms with Gasteiger partial charge in [-0.15, -0.1) is 0 Å². The van der Waals surface area contributed by atoms with E-state index >= 15 is 0 Å². The number of hydrogen-bond donors (Lipinski definition) is 1. The highest BCUT2D eigenvalue weighted by molar-refractivity contribution is 9.10. The summed E-state index contributed by atoms with van der Waals surface area (Å²) in [4.78, 5) is 18.0. The molecule has 0 fully saturated rings. The molecule has 0 aliphatic rings. The normalized spacial score (nSPS) is 10.6. The summed E-state index contributed by atoms with van der Waals surface area (Å²) in [6.45, 7) is 1.87. The van der Waals surface area contributed by atoms with Crippen molar-refractivity contribution in [3.63, 3.8) is 0 Å². The summed E-state index contributed by atoms with van der Waals surface area (Å²) in [5, 5.41) is 0. The van der Waals surface area contributed by atoms with Gasteiger partial charge in [0, 0.05) is 16.7 Å². The van der Waals surface area contributed by atoms with E-state index in [9.17, 15) is 4.79 Å². The minimum atomic E-state index is -0.0927. The Morgan fingerprint density at radius 3 is 3.00 bits per heavy atom. The average Bonchev–Trinajstić information content (AvgIpc) is 2.02. The van der Waals surface area contributed by atoms with E-state index in [1.807, 2.05) is 13.0 Å². The maximum Gasteiger partial charge on any atom is 0.248 e. The second kappa shape index (κ2) is 2.96. The predicted octanol–water partition coefficient (Wildman–Crippen LogP) is 1.99. The van der Waals surface area contributed by atoms with Gasteiger partial charge < -0.3 is 4.98 Å². The number of pyridine rings is 2. The van der Waals surface area contributed by atoms with E-state index in [-0.39, 0.29) is 5.56 Å². The molecule has 0 radical (unpaired) electrons. The highest BCUT2D eigenvalue weighted by atomic mass is 79.9. The molecule has 2 aromatic heterocycles. The van der Waals surface area contributed by atoms with Crippen molar-refractivity contribution in [3.05, 3.63) is 38.7 Å². The quantitative estimate of drug-likeness (QED) is 0.764. The first-order valence-corrected chi connectivity index (χ1v) is 4.61. The van der Waals surface area contributed by atoms with E-state index < -0.39 is 0 Å². The van der Waals surface area contributed by atoms with Gasteiger partial charge in [0.05, 0.1) is 11.0 Å². The lowest BCUT2D eigenvalue weighted by Gasteiger charge is -1.99. The Kier molecular flexibility index (Phi) is 1.92. The van der Waals surface area contributed by atoms with E-state index in [1.54, 1.807) is 12.3 Å². The Balaban J connectivity index is 2.94. The number of H-pyrrole nitrogens is 1. The van der Waals surface area contributed by atoms with Gasteiger partial charge in [0.25, 0.3) is 0 Å². The Morgan fingerprint density at radius 2 is 2.23 bits per heavy atom. The zero-order chi connectivity index (χ0) is 9.42. The molecule has 1 N–H and O–H groups in total. The monoisotopic (exact) mass is 238 g/mol. The molecule has 0 aliphatic carbocycles. The molecule has 0 aliphatic heterocycles. The fourth-order valence-corrected chi connectivity index (χ4v) is 1.61. The van der Waals surface area contributed by atoms with E-state index in [2.05, 4.69) is 25.9 Å². The molecule has 0 saturated heterocycles. The molecule has 0 atom stereocenters. The minimum absolute atomic E-state index is 0.0927. The van der Waals surface area contributed by atoms with Gasteiger partial charge in [-0.25, -0.2) is 0 Å². The third-order valence-corrected chi connectivity index (χ3v) is 2.27. The van der Waals surface area contributed by atoms with Gasteiger partial charge in [-0.2, -0.15) is 0 Å². The van der Waals surface area contributed by atoms with Crippen LogP contribution in [0.25, 0.3) is 11.0 Å². The Morgan fingerprint density at radius 1 is 1.46 bits per heavy atom. The molecule has 0 spiro atoms. The summed E-state index contributed by atoms with van der Waals surface area (Å²) in [6, 6.07) is 3.39. The number of aromatic amines is 1. The number of aromatic nitrogens is 2. The molecular weight excluding hydrogens is 232 g/mol. The van der Waals surface area contributed by atoms with Crippen molar-refractivity contribution < 1.29 is 0 Å². The molecule has 3 nitrogen and oxygen atoms in total. The first kappa shape index (κ1) is 8.44. The SMILES string of the molecule is Cc1cc(=O)[nH]c2cc(Br)cnc12. The maximum atomic E-state index is 11.1. The van der Waals surface area contributed by atoms with Crippen LogP contribution in [0.15, 0.2) is 27.6 Å². The van der Waals surface area contributed by atoms with E-state index in [0.29, 0.717) is 0 Å². The number of halogens is 1. The van der Waals surface area contributed by atoms with Crippen LogP contribution in [0.3, 0.4) is 0 Å². The molecule has 4 heteroatoms. The summed E-state index contributed by atoms with van der Waals surface area (Å²) in [5.41, 5.74) is 2.40. The first-order chi connectivity index (χ1) is 6.16. The zero-order valence-corrected chi connectivity index (χ0v) is 8.55. The molecule has 0 unspecified atom stereocenters. The summed E-state index contributed by atoms with van der Waals surface area (Å²) < 4.78 is 0.862. The van der Waals surface area contributed by atoms with Gasteiger partial charge in [-0.1, -0.05) is 0 Å². The molecule has 2 heterocycles. The molecule has 2 aromatic rings. The number of nitrogens with one attached hydrogen (secondary N) is 1. The Bertz CT molecular complexity index is 518. The number of rotatable bonds is 0. The maximum absolute atomic E-state index is 11.1. The Labute approximate surface area is 82.9 Å². The first-order valence-electron chi connectivity index (χ1n) is 3.82. The van der Waals surface area contributed by atoms with Crippen LogP contribution in [-0.4, -0.2) is 9.97 Å². The van der Waals surface area contributed by atoms with Gasteiger partial charge in [0.2, 0.25) is 5.56 Å². The summed E-state index contributed by atoms with van der Waals surface area (Å²) in [7, 11) is 0. The van der Waals surface area contributed by atoms with Crippen molar-refractivity contribution >= 4 is 27.0 Å². The fourth-order valence-electron chi connectivity index (χ4n) is 1.28. The highest BCUT2D eigenvalue weighted by Crippen LogP contribution is 2.15. The zero-order valence-electron chi connectivity index (χ0n) is 6.97. The van der Waals surface area contributed by atoms with E-state index in [0.717, 1.165) is 21.1 Å². The smallest absolute Gasteiger partial charge is 0.248 e. The van der Waals surface area contributed by atoms with E-state index in [4.69, 9.17) is 0 Å². The lowest BCUT2D eigenvalue weighted by atomic mass is 10.2. The molecule has 0 saturated carbocycles. The van der Waals surface area contributed by atoms with Crippen molar-refractivity contribution in [2.24, 2.45) is 0 Å². The van der Waals surface area contributed by atoms with Crippen molar-refractivity contribution in [3.8, 4) is 0 Å². The molecular formula is C9H7BrN2O. The van der Waals surface area contributed by atoms with Crippen molar-refractivity contribution in [1.29, 1.82) is 0 Å². The predicted molar refractivity (Wildman–Crippen MR) is 54.8 cm³/mol. The lowest BCUT2D eigenvalue weighted by Crippen LogP contribution is -2.05. The van der Waals surface area contributed by atoms with Crippen LogP contribution in [0.5, 0.6) is 0 Å². The highest BCUT2D eigenvalue weighted by Gasteiger charge is 2.00. The van der Waals surface area contributed by atoms with Crippen molar-refractivity contribution in [1.82, 2.24) is 9.97 Å². The standard InChI is InChI=1S/C9H7BrN2O/c1-5-2-8(13)12-7-3-6(10)4-11-9(5)7/h2-4H,1H3,(H,12,13). The molecule has 2 rings (SSSR count). The summed E-state index contributed by atoms with van der Waals surface area (Å²) in [6.07, 6.45) is 1.72. The van der Waals surface area contributed by atoms with Gasteiger partial charge in [-0.3, -0.25) is 9.78 Å². The summed E-state index contributed by atoms with van der Waals surface area (Å²) in [5.74, 6) is 0. The second-order valence-electron chi connectivity index (χ2n) is 2.87. The Hall–Kier alpha value is -1.16. The van der Waals surface area contributed by atoms with Crippen molar-refractivity contribution in [2.75, 3.05) is 0 Å². The molecule has 66 valence electrons. The number of nitrogens with zero attached hydrogens (tertiary/aromatic N) is 1. The molecule has 0 aromatic carbocycles. The summed E-state index contributed by atoms with van der Waals surface area (Å²) >= 11 is 3.30. The molecule has 13 heavy (non-hydrogen) atoms. The van der Waals surface area contributed by atoms with Crippen LogP contribution in [0.1, 0.15) is 5.56 Å². The van der Waals surface area contributed by atoms with Crippen LogP contribution < -0.4 is 5.56 Å². The topological polar surface area (TPSA) is 45.8 Å². The van der Waals surface area contributed by atoms with Crippen LogP contribution in [0.2, 0.25) is 0 Å². The largest absolute Gasteiger partial charge is 0.321 e. The van der Waals surface area contributed by atoms with E-state index in [1.165, 1.54) is 0 Å².